The van der Waals surface area contributed by atoms with Crippen molar-refractivity contribution in [2.45, 2.75) is 12.7 Å². The number of hydrogen-bond donors (Lipinski definition) is 0. The van der Waals surface area contributed by atoms with Crippen LogP contribution in [0.15, 0.2) is 35.6 Å². The van der Waals surface area contributed by atoms with Gasteiger partial charge in [-0.05, 0) is 29.3 Å². The highest BCUT2D eigenvalue weighted by molar-refractivity contribution is 5.94. The van der Waals surface area contributed by atoms with E-state index >= 15 is 0 Å². The Morgan fingerprint density at radius 3 is 2.67 bits per heavy atom. The van der Waals surface area contributed by atoms with Gasteiger partial charge in [0.1, 0.15) is 5.75 Å². The summed E-state index contributed by atoms with van der Waals surface area (Å²) in [6.07, 6.45) is 0.235. The fourth-order valence-corrected chi connectivity index (χ4v) is 2.31. The first kappa shape index (κ1) is 13.6. The number of methoxy groups -OCH3 is 1. The molecule has 2 aromatic rings. The van der Waals surface area contributed by atoms with Crippen LogP contribution in [0.3, 0.4) is 0 Å². The molecular weight excluding hydrogens is 281 g/mol. The predicted molar refractivity (Wildman–Crippen MR) is 72.5 cm³/mol. The van der Waals surface area contributed by atoms with Gasteiger partial charge in [-0.2, -0.15) is 13.2 Å². The summed E-state index contributed by atoms with van der Waals surface area (Å²) in [6, 6.07) is 3.95. The highest BCUT2D eigenvalue weighted by Crippen LogP contribution is 2.37. The van der Waals surface area contributed by atoms with E-state index in [1.54, 1.807) is 12.3 Å². The molecule has 1 aromatic heterocycles. The summed E-state index contributed by atoms with van der Waals surface area (Å²) < 4.78 is 44.1. The minimum atomic E-state index is -4.39. The second-order valence-electron chi connectivity index (χ2n) is 4.68. The average Bonchev–Trinajstić information content (AvgIpc) is 2.93. The van der Waals surface area contributed by atoms with Crippen molar-refractivity contribution in [1.82, 2.24) is 4.98 Å². The summed E-state index contributed by atoms with van der Waals surface area (Å²) in [4.78, 5) is 8.06. The van der Waals surface area contributed by atoms with Crippen molar-refractivity contribution in [3.05, 3.63) is 47.3 Å². The first-order chi connectivity index (χ1) is 9.99. The van der Waals surface area contributed by atoms with Crippen molar-refractivity contribution in [2.24, 2.45) is 4.99 Å². The van der Waals surface area contributed by atoms with E-state index in [1.807, 2.05) is 0 Å². The number of aromatic nitrogens is 1. The van der Waals surface area contributed by atoms with Crippen LogP contribution in [-0.4, -0.2) is 18.3 Å². The lowest BCUT2D eigenvalue weighted by atomic mass is 9.95. The third kappa shape index (κ3) is 2.49. The largest absolute Gasteiger partial charge is 0.495 e. The molecule has 0 saturated carbocycles. The van der Waals surface area contributed by atoms with Gasteiger partial charge in [0.05, 0.1) is 25.4 Å². The molecule has 0 saturated heterocycles. The van der Waals surface area contributed by atoms with Gasteiger partial charge in [0.2, 0.25) is 0 Å². The van der Waals surface area contributed by atoms with Crippen LogP contribution in [0, 0.1) is 0 Å². The molecular formula is C15H11F3N2O. The normalized spacial score (nSPS) is 13.3. The third-order valence-corrected chi connectivity index (χ3v) is 3.33. The molecule has 1 aromatic carbocycles. The Morgan fingerprint density at radius 2 is 1.95 bits per heavy atom. The first-order valence-corrected chi connectivity index (χ1v) is 6.22. The molecule has 0 aliphatic carbocycles. The third-order valence-electron chi connectivity index (χ3n) is 3.33. The van der Waals surface area contributed by atoms with E-state index in [0.717, 1.165) is 12.1 Å². The molecule has 0 amide bonds. The number of nitrogens with zero attached hydrogens (tertiary/aromatic N) is 2. The Morgan fingerprint density at radius 1 is 1.14 bits per heavy atom. The molecule has 0 fully saturated rings. The van der Waals surface area contributed by atoms with Gasteiger partial charge in [-0.25, -0.2) is 0 Å². The lowest BCUT2D eigenvalue weighted by Crippen LogP contribution is -2.07. The van der Waals surface area contributed by atoms with Gasteiger partial charge in [-0.1, -0.05) is 0 Å². The molecule has 0 N–H and O–H groups in total. The van der Waals surface area contributed by atoms with Gasteiger partial charge < -0.3 is 4.74 Å². The molecule has 1 aliphatic heterocycles. The summed E-state index contributed by atoms with van der Waals surface area (Å²) in [5.74, 6) is 0.494. The molecule has 3 nitrogen and oxygen atoms in total. The van der Waals surface area contributed by atoms with Crippen molar-refractivity contribution < 1.29 is 17.9 Å². The topological polar surface area (TPSA) is 34.5 Å². The Hall–Kier alpha value is -2.37. The second kappa shape index (κ2) is 4.87. The maximum absolute atomic E-state index is 13.0. The smallest absolute Gasteiger partial charge is 0.416 e. The number of benzene rings is 1. The number of halogens is 3. The molecule has 0 spiro atoms. The van der Waals surface area contributed by atoms with Crippen LogP contribution in [0.2, 0.25) is 0 Å². The van der Waals surface area contributed by atoms with E-state index in [1.165, 1.54) is 19.5 Å². The maximum atomic E-state index is 13.0. The van der Waals surface area contributed by atoms with Crippen LogP contribution in [0.1, 0.15) is 16.7 Å². The number of hydrogen-bond acceptors (Lipinski definition) is 3. The molecule has 21 heavy (non-hydrogen) atoms. The molecule has 2 heterocycles. The standard InChI is InChI=1S/C15H11F3N2O/c1-21-12-3-10(6-19-7-12)13-4-11(15(16,17)18)2-9-5-20-8-14(9)13/h2-4,6-8H,5H2,1H3. The lowest BCUT2D eigenvalue weighted by molar-refractivity contribution is -0.137. The monoisotopic (exact) mass is 292 g/mol. The zero-order chi connectivity index (χ0) is 15.0. The van der Waals surface area contributed by atoms with Gasteiger partial charge >= 0.3 is 6.18 Å². The zero-order valence-corrected chi connectivity index (χ0v) is 11.1. The number of alkyl halides is 3. The number of pyridine rings is 1. The maximum Gasteiger partial charge on any atom is 0.416 e. The van der Waals surface area contributed by atoms with Crippen molar-refractivity contribution in [3.8, 4) is 16.9 Å². The number of rotatable bonds is 2. The molecule has 0 bridgehead atoms. The van der Waals surface area contributed by atoms with Gasteiger partial charge in [-0.3, -0.25) is 9.98 Å². The first-order valence-electron chi connectivity index (χ1n) is 6.22. The highest BCUT2D eigenvalue weighted by atomic mass is 19.4. The van der Waals surface area contributed by atoms with Crippen LogP contribution >= 0.6 is 0 Å². The summed E-state index contributed by atoms with van der Waals surface area (Å²) in [5.41, 5.74) is 1.64. The Labute approximate surface area is 119 Å². The quantitative estimate of drug-likeness (QED) is 0.845. The zero-order valence-electron chi connectivity index (χ0n) is 11.1. The minimum absolute atomic E-state index is 0.268. The number of aliphatic imine (C=N–C) groups is 1. The minimum Gasteiger partial charge on any atom is -0.495 e. The Balaban J connectivity index is 2.21. The van der Waals surface area contributed by atoms with Crippen LogP contribution in [0.4, 0.5) is 13.2 Å². The number of ether oxygens (including phenoxy) is 1. The summed E-state index contributed by atoms with van der Waals surface area (Å²) in [7, 11) is 1.48. The van der Waals surface area contributed by atoms with Crippen molar-refractivity contribution in [3.63, 3.8) is 0 Å². The van der Waals surface area contributed by atoms with E-state index in [-0.39, 0.29) is 6.54 Å². The molecule has 3 rings (SSSR count). The molecule has 108 valence electrons. The van der Waals surface area contributed by atoms with Gasteiger partial charge in [0, 0.05) is 23.5 Å². The van der Waals surface area contributed by atoms with Crippen LogP contribution < -0.4 is 4.74 Å². The van der Waals surface area contributed by atoms with Crippen LogP contribution in [0.25, 0.3) is 11.1 Å². The Kier molecular flexibility index (Phi) is 3.16. The van der Waals surface area contributed by atoms with E-state index in [9.17, 15) is 13.2 Å². The fourth-order valence-electron chi connectivity index (χ4n) is 2.31. The number of fused-ring (bicyclic) bond motifs is 1. The lowest BCUT2D eigenvalue weighted by Gasteiger charge is -2.13. The van der Waals surface area contributed by atoms with Crippen LogP contribution in [-0.2, 0) is 12.7 Å². The van der Waals surface area contributed by atoms with Crippen molar-refractivity contribution >= 4 is 6.21 Å². The molecule has 0 unspecified atom stereocenters. The molecule has 0 atom stereocenters. The average molecular weight is 292 g/mol. The highest BCUT2D eigenvalue weighted by Gasteiger charge is 2.32. The molecule has 6 heteroatoms. The summed E-state index contributed by atoms with van der Waals surface area (Å²) in [6.45, 7) is 0.268. The predicted octanol–water partition coefficient (Wildman–Crippen LogP) is 3.71. The van der Waals surface area contributed by atoms with Crippen molar-refractivity contribution in [2.75, 3.05) is 7.11 Å². The van der Waals surface area contributed by atoms with Gasteiger partial charge in [0.25, 0.3) is 0 Å². The summed E-state index contributed by atoms with van der Waals surface area (Å²) in [5, 5.41) is 0. The van der Waals surface area contributed by atoms with E-state index in [4.69, 9.17) is 4.74 Å². The van der Waals surface area contributed by atoms with Gasteiger partial charge in [-0.15, -0.1) is 0 Å². The summed E-state index contributed by atoms with van der Waals surface area (Å²) >= 11 is 0. The second-order valence-corrected chi connectivity index (χ2v) is 4.68. The molecule has 0 radical (unpaired) electrons. The van der Waals surface area contributed by atoms with Gasteiger partial charge in [0.15, 0.2) is 0 Å². The Bertz CT molecular complexity index is 723. The van der Waals surface area contributed by atoms with E-state index in [0.29, 0.717) is 28.0 Å². The fraction of sp³-hybridized carbons (Fsp3) is 0.200. The van der Waals surface area contributed by atoms with Crippen LogP contribution in [0.5, 0.6) is 5.75 Å². The SMILES string of the molecule is COc1cncc(-c2cc(C(F)(F)F)cc3c2C=NC3)c1. The van der Waals surface area contributed by atoms with Crippen molar-refractivity contribution in [1.29, 1.82) is 0 Å². The van der Waals surface area contributed by atoms with E-state index in [2.05, 4.69) is 9.98 Å². The van der Waals surface area contributed by atoms with E-state index < -0.39 is 11.7 Å². The molecule has 1 aliphatic rings.